The number of rotatable bonds is 3. The summed E-state index contributed by atoms with van der Waals surface area (Å²) < 4.78 is 5.61. The normalized spacial score (nSPS) is 37.1. The van der Waals surface area contributed by atoms with Crippen LogP contribution in [0.4, 0.5) is 0 Å². The van der Waals surface area contributed by atoms with Crippen molar-refractivity contribution in [1.29, 1.82) is 0 Å². The Bertz CT molecular complexity index is 210. The molecule has 1 aliphatic rings. The monoisotopic (exact) mass is 263 g/mol. The van der Waals surface area contributed by atoms with Gasteiger partial charge in [-0.15, -0.1) is 0 Å². The molecule has 1 saturated heterocycles. The van der Waals surface area contributed by atoms with E-state index in [1.807, 2.05) is 13.8 Å². The van der Waals surface area contributed by atoms with Crippen molar-refractivity contribution in [2.45, 2.75) is 33.0 Å². The lowest BCUT2D eigenvalue weighted by molar-refractivity contribution is -0.127. The van der Waals surface area contributed by atoms with Crippen LogP contribution in [-0.2, 0) is 9.53 Å². The predicted molar refractivity (Wildman–Crippen MR) is 59.5 cm³/mol. The van der Waals surface area contributed by atoms with Gasteiger partial charge >= 0.3 is 0 Å². The van der Waals surface area contributed by atoms with Gasteiger partial charge < -0.3 is 10.1 Å². The smallest absolute Gasteiger partial charge is 0.226 e. The standard InChI is InChI=1S/C10H18BrNO2/c1-6-7(2)14-8(3)9(6)10(13)12-5-4-11/h6-9H,4-5H2,1-3H3,(H,12,13). The van der Waals surface area contributed by atoms with Crippen molar-refractivity contribution < 1.29 is 9.53 Å². The summed E-state index contributed by atoms with van der Waals surface area (Å²) in [6, 6.07) is 0. The zero-order chi connectivity index (χ0) is 10.7. The van der Waals surface area contributed by atoms with Crippen LogP contribution in [-0.4, -0.2) is 30.0 Å². The first-order valence-corrected chi connectivity index (χ1v) is 6.19. The first-order valence-electron chi connectivity index (χ1n) is 5.07. The molecule has 82 valence electrons. The van der Waals surface area contributed by atoms with Crippen molar-refractivity contribution >= 4 is 21.8 Å². The summed E-state index contributed by atoms with van der Waals surface area (Å²) in [5, 5.41) is 3.69. The molecule has 4 atom stereocenters. The molecule has 14 heavy (non-hydrogen) atoms. The van der Waals surface area contributed by atoms with Gasteiger partial charge in [0.1, 0.15) is 0 Å². The molecule has 1 amide bonds. The largest absolute Gasteiger partial charge is 0.374 e. The molecule has 0 spiro atoms. The maximum Gasteiger partial charge on any atom is 0.226 e. The van der Waals surface area contributed by atoms with E-state index in [9.17, 15) is 4.79 Å². The van der Waals surface area contributed by atoms with Crippen molar-refractivity contribution in [2.24, 2.45) is 11.8 Å². The molecule has 1 aliphatic heterocycles. The minimum Gasteiger partial charge on any atom is -0.374 e. The third kappa shape index (κ3) is 2.48. The Balaban J connectivity index is 2.53. The highest BCUT2D eigenvalue weighted by molar-refractivity contribution is 9.09. The summed E-state index contributed by atoms with van der Waals surface area (Å²) in [7, 11) is 0. The van der Waals surface area contributed by atoms with Crippen LogP contribution < -0.4 is 5.32 Å². The Labute approximate surface area is 93.7 Å². The molecular formula is C10H18BrNO2. The van der Waals surface area contributed by atoms with E-state index in [4.69, 9.17) is 4.74 Å². The molecule has 3 nitrogen and oxygen atoms in total. The number of halogens is 1. The van der Waals surface area contributed by atoms with Gasteiger partial charge in [-0.05, 0) is 19.8 Å². The van der Waals surface area contributed by atoms with E-state index < -0.39 is 0 Å². The summed E-state index contributed by atoms with van der Waals surface area (Å²) in [4.78, 5) is 11.8. The van der Waals surface area contributed by atoms with Crippen molar-refractivity contribution in [3.8, 4) is 0 Å². The maximum atomic E-state index is 11.8. The Morgan fingerprint density at radius 2 is 2.00 bits per heavy atom. The lowest BCUT2D eigenvalue weighted by atomic mass is 9.89. The number of amides is 1. The van der Waals surface area contributed by atoms with Crippen molar-refractivity contribution in [3.63, 3.8) is 0 Å². The van der Waals surface area contributed by atoms with Crippen molar-refractivity contribution in [2.75, 3.05) is 11.9 Å². The van der Waals surface area contributed by atoms with Gasteiger partial charge in [-0.3, -0.25) is 4.79 Å². The highest BCUT2D eigenvalue weighted by Crippen LogP contribution is 2.31. The molecule has 1 heterocycles. The number of carbonyl (C=O) groups excluding carboxylic acids is 1. The number of nitrogens with one attached hydrogen (secondary N) is 1. The van der Waals surface area contributed by atoms with Crippen LogP contribution >= 0.6 is 15.9 Å². The molecule has 0 aliphatic carbocycles. The van der Waals surface area contributed by atoms with Crippen LogP contribution in [0.2, 0.25) is 0 Å². The van der Waals surface area contributed by atoms with E-state index in [1.54, 1.807) is 0 Å². The SMILES string of the molecule is CC1OC(C)C(C(=O)NCCBr)C1C. The summed E-state index contributed by atoms with van der Waals surface area (Å²) >= 11 is 3.28. The zero-order valence-electron chi connectivity index (χ0n) is 8.92. The topological polar surface area (TPSA) is 38.3 Å². The van der Waals surface area contributed by atoms with Crippen LogP contribution in [0, 0.1) is 11.8 Å². The van der Waals surface area contributed by atoms with Gasteiger partial charge in [0, 0.05) is 11.9 Å². The second-order valence-corrected chi connectivity index (χ2v) is 4.70. The third-order valence-electron chi connectivity index (χ3n) is 2.94. The van der Waals surface area contributed by atoms with E-state index >= 15 is 0 Å². The first-order chi connectivity index (χ1) is 6.57. The summed E-state index contributed by atoms with van der Waals surface area (Å²) in [6.07, 6.45) is 0.222. The third-order valence-corrected chi connectivity index (χ3v) is 3.33. The van der Waals surface area contributed by atoms with Crippen LogP contribution in [0.15, 0.2) is 0 Å². The molecule has 1 fully saturated rings. The van der Waals surface area contributed by atoms with Crippen LogP contribution in [0.3, 0.4) is 0 Å². The molecule has 0 radical (unpaired) electrons. The Morgan fingerprint density at radius 1 is 1.36 bits per heavy atom. The second-order valence-electron chi connectivity index (χ2n) is 3.91. The Hall–Kier alpha value is -0.0900. The number of alkyl halides is 1. The number of hydrogen-bond donors (Lipinski definition) is 1. The Kier molecular flexibility index (Phi) is 4.38. The number of carbonyl (C=O) groups is 1. The average Bonchev–Trinajstić information content (AvgIpc) is 2.38. The average molecular weight is 264 g/mol. The zero-order valence-corrected chi connectivity index (χ0v) is 10.5. The van der Waals surface area contributed by atoms with Gasteiger partial charge in [-0.25, -0.2) is 0 Å². The van der Waals surface area contributed by atoms with Gasteiger partial charge in [0.25, 0.3) is 0 Å². The fraction of sp³-hybridized carbons (Fsp3) is 0.900. The van der Waals surface area contributed by atoms with Gasteiger partial charge in [0.15, 0.2) is 0 Å². The van der Waals surface area contributed by atoms with Crippen LogP contribution in [0.25, 0.3) is 0 Å². The fourth-order valence-electron chi connectivity index (χ4n) is 2.01. The van der Waals surface area contributed by atoms with Gasteiger partial charge in [0.05, 0.1) is 18.1 Å². The summed E-state index contributed by atoms with van der Waals surface area (Å²) in [6.45, 7) is 6.76. The van der Waals surface area contributed by atoms with Crippen molar-refractivity contribution in [1.82, 2.24) is 5.32 Å². The van der Waals surface area contributed by atoms with Crippen LogP contribution in [0.1, 0.15) is 20.8 Å². The highest BCUT2D eigenvalue weighted by Gasteiger charge is 2.41. The molecule has 0 aromatic carbocycles. The lowest BCUT2D eigenvalue weighted by Gasteiger charge is -2.17. The van der Waals surface area contributed by atoms with Gasteiger partial charge in [-0.2, -0.15) is 0 Å². The van der Waals surface area contributed by atoms with Crippen molar-refractivity contribution in [3.05, 3.63) is 0 Å². The van der Waals surface area contributed by atoms with E-state index in [1.165, 1.54) is 0 Å². The predicted octanol–water partition coefficient (Wildman–Crippen LogP) is 1.56. The fourth-order valence-corrected chi connectivity index (χ4v) is 2.21. The molecule has 0 aromatic heterocycles. The summed E-state index contributed by atoms with van der Waals surface area (Å²) in [5.41, 5.74) is 0. The maximum absolute atomic E-state index is 11.8. The second kappa shape index (κ2) is 5.12. The minimum absolute atomic E-state index is 0.00375. The molecule has 1 rings (SSSR count). The van der Waals surface area contributed by atoms with E-state index in [-0.39, 0.29) is 24.0 Å². The number of hydrogen-bond acceptors (Lipinski definition) is 2. The molecule has 4 heteroatoms. The quantitative estimate of drug-likeness (QED) is 0.785. The van der Waals surface area contributed by atoms with E-state index in [0.29, 0.717) is 12.5 Å². The molecular weight excluding hydrogens is 246 g/mol. The molecule has 0 aromatic rings. The van der Waals surface area contributed by atoms with Gasteiger partial charge in [0.2, 0.25) is 5.91 Å². The molecule has 1 N–H and O–H groups in total. The number of ether oxygens (including phenoxy) is 1. The summed E-state index contributed by atoms with van der Waals surface area (Å²) in [5.74, 6) is 0.429. The van der Waals surface area contributed by atoms with Crippen LogP contribution in [0.5, 0.6) is 0 Å². The molecule has 4 unspecified atom stereocenters. The Morgan fingerprint density at radius 3 is 2.43 bits per heavy atom. The lowest BCUT2D eigenvalue weighted by Crippen LogP contribution is -2.38. The first kappa shape index (κ1) is 12.0. The highest BCUT2D eigenvalue weighted by atomic mass is 79.9. The van der Waals surface area contributed by atoms with Gasteiger partial charge in [-0.1, -0.05) is 22.9 Å². The van der Waals surface area contributed by atoms with E-state index in [0.717, 1.165) is 5.33 Å². The molecule has 0 saturated carbocycles. The molecule has 0 bridgehead atoms. The van der Waals surface area contributed by atoms with E-state index in [2.05, 4.69) is 28.2 Å². The minimum atomic E-state index is 0.00375.